The van der Waals surface area contributed by atoms with E-state index in [2.05, 4.69) is 4.98 Å². The van der Waals surface area contributed by atoms with Crippen LogP contribution in [0.5, 0.6) is 5.88 Å². The van der Waals surface area contributed by atoms with Crippen LogP contribution in [0, 0.1) is 6.92 Å². The zero-order chi connectivity index (χ0) is 8.81. The first-order chi connectivity index (χ1) is 5.84. The third-order valence-electron chi connectivity index (χ3n) is 1.50. The normalized spacial score (nSPS) is 9.83. The summed E-state index contributed by atoms with van der Waals surface area (Å²) in [4.78, 5) is 4.05. The predicted octanol–water partition coefficient (Wildman–Crippen LogP) is 1.15. The zero-order valence-corrected chi connectivity index (χ0v) is 7.16. The number of hydrogen-bond donors (Lipinski definition) is 1. The van der Waals surface area contributed by atoms with Crippen LogP contribution in [0.25, 0.3) is 0 Å². The Bertz CT molecular complexity index is 238. The smallest absolute Gasteiger partial charge is 0.216 e. The van der Waals surface area contributed by atoms with E-state index in [0.29, 0.717) is 18.9 Å². The molecule has 0 amide bonds. The van der Waals surface area contributed by atoms with Crippen LogP contribution in [0.2, 0.25) is 0 Å². The molecule has 1 aromatic heterocycles. The van der Waals surface area contributed by atoms with Gasteiger partial charge in [0.25, 0.3) is 0 Å². The van der Waals surface area contributed by atoms with E-state index in [1.807, 2.05) is 19.1 Å². The molecule has 0 aliphatic carbocycles. The summed E-state index contributed by atoms with van der Waals surface area (Å²) in [6.07, 6.45) is 2.34. The van der Waals surface area contributed by atoms with Crippen LogP contribution in [0.3, 0.4) is 0 Å². The molecule has 12 heavy (non-hydrogen) atoms. The van der Waals surface area contributed by atoms with Crippen molar-refractivity contribution in [2.45, 2.75) is 13.3 Å². The molecule has 0 aliphatic heterocycles. The largest absolute Gasteiger partial charge is 0.477 e. The second kappa shape index (κ2) is 4.72. The van der Waals surface area contributed by atoms with Crippen molar-refractivity contribution < 1.29 is 9.84 Å². The van der Waals surface area contributed by atoms with E-state index < -0.39 is 0 Å². The lowest BCUT2D eigenvalue weighted by atomic mass is 10.3. The first kappa shape index (κ1) is 9.00. The molecule has 0 saturated carbocycles. The summed E-state index contributed by atoms with van der Waals surface area (Å²) in [5.41, 5.74) is 1.02. The van der Waals surface area contributed by atoms with Crippen LogP contribution in [0.1, 0.15) is 12.0 Å². The molecule has 0 radical (unpaired) electrons. The third-order valence-corrected chi connectivity index (χ3v) is 1.50. The Morgan fingerprint density at radius 1 is 1.58 bits per heavy atom. The van der Waals surface area contributed by atoms with Crippen molar-refractivity contribution in [3.8, 4) is 5.88 Å². The zero-order valence-electron chi connectivity index (χ0n) is 7.16. The number of aryl methyl sites for hydroxylation is 1. The maximum atomic E-state index is 8.51. The third kappa shape index (κ3) is 2.51. The second-order valence-corrected chi connectivity index (χ2v) is 2.55. The van der Waals surface area contributed by atoms with Gasteiger partial charge >= 0.3 is 0 Å². The van der Waals surface area contributed by atoms with Gasteiger partial charge in [-0.25, -0.2) is 4.98 Å². The number of nitrogens with zero attached hydrogens (tertiary/aromatic N) is 1. The maximum absolute atomic E-state index is 8.51. The molecule has 3 nitrogen and oxygen atoms in total. The number of aliphatic hydroxyl groups is 1. The van der Waals surface area contributed by atoms with Gasteiger partial charge in [0, 0.05) is 24.8 Å². The van der Waals surface area contributed by atoms with Crippen LogP contribution >= 0.6 is 0 Å². The van der Waals surface area contributed by atoms with Crippen LogP contribution in [0.4, 0.5) is 0 Å². The van der Waals surface area contributed by atoms with E-state index >= 15 is 0 Å². The Kier molecular flexibility index (Phi) is 3.54. The molecule has 1 rings (SSSR count). The van der Waals surface area contributed by atoms with Crippen LogP contribution in [-0.2, 0) is 0 Å². The Morgan fingerprint density at radius 2 is 2.42 bits per heavy atom. The van der Waals surface area contributed by atoms with Crippen molar-refractivity contribution in [2.24, 2.45) is 0 Å². The molecule has 0 fully saturated rings. The first-order valence-electron chi connectivity index (χ1n) is 4.00. The quantitative estimate of drug-likeness (QED) is 0.684. The number of aromatic nitrogens is 1. The van der Waals surface area contributed by atoms with Gasteiger partial charge in [0.1, 0.15) is 0 Å². The van der Waals surface area contributed by atoms with Crippen molar-refractivity contribution in [1.29, 1.82) is 0 Å². The molecule has 1 aromatic rings. The minimum absolute atomic E-state index is 0.159. The van der Waals surface area contributed by atoms with E-state index in [1.54, 1.807) is 6.20 Å². The highest BCUT2D eigenvalue weighted by Crippen LogP contribution is 2.11. The first-order valence-corrected chi connectivity index (χ1v) is 4.00. The molecule has 0 aromatic carbocycles. The molecule has 0 saturated heterocycles. The number of rotatable bonds is 4. The average molecular weight is 167 g/mol. The average Bonchev–Trinajstić information content (AvgIpc) is 2.09. The highest BCUT2D eigenvalue weighted by molar-refractivity contribution is 5.23. The summed E-state index contributed by atoms with van der Waals surface area (Å²) >= 11 is 0. The SMILES string of the molecule is Cc1cccnc1OCCCO. The van der Waals surface area contributed by atoms with Gasteiger partial charge in [0.05, 0.1) is 6.61 Å². The van der Waals surface area contributed by atoms with E-state index in [1.165, 1.54) is 0 Å². The highest BCUT2D eigenvalue weighted by atomic mass is 16.5. The lowest BCUT2D eigenvalue weighted by Gasteiger charge is -2.05. The lowest BCUT2D eigenvalue weighted by molar-refractivity contribution is 0.228. The summed E-state index contributed by atoms with van der Waals surface area (Å²) in [7, 11) is 0. The standard InChI is InChI=1S/C9H13NO2/c1-8-4-2-5-10-9(8)12-7-3-6-11/h2,4-5,11H,3,6-7H2,1H3. The van der Waals surface area contributed by atoms with Crippen molar-refractivity contribution in [3.63, 3.8) is 0 Å². The fraction of sp³-hybridized carbons (Fsp3) is 0.444. The Hall–Kier alpha value is -1.09. The molecule has 66 valence electrons. The lowest BCUT2D eigenvalue weighted by Crippen LogP contribution is -2.02. The number of ether oxygens (including phenoxy) is 1. The Morgan fingerprint density at radius 3 is 3.08 bits per heavy atom. The summed E-state index contributed by atoms with van der Waals surface area (Å²) in [5, 5.41) is 8.51. The topological polar surface area (TPSA) is 42.4 Å². The van der Waals surface area contributed by atoms with Crippen molar-refractivity contribution in [2.75, 3.05) is 13.2 Å². The molecule has 1 heterocycles. The Balaban J connectivity index is 2.46. The molecular weight excluding hydrogens is 154 g/mol. The van der Waals surface area contributed by atoms with Gasteiger partial charge in [-0.15, -0.1) is 0 Å². The maximum Gasteiger partial charge on any atom is 0.216 e. The number of pyridine rings is 1. The fourth-order valence-electron chi connectivity index (χ4n) is 0.856. The second-order valence-electron chi connectivity index (χ2n) is 2.55. The van der Waals surface area contributed by atoms with Gasteiger partial charge in [-0.1, -0.05) is 6.07 Å². The molecule has 0 atom stereocenters. The summed E-state index contributed by atoms with van der Waals surface area (Å²) in [5.74, 6) is 0.658. The van der Waals surface area contributed by atoms with E-state index in [4.69, 9.17) is 9.84 Å². The van der Waals surface area contributed by atoms with Crippen LogP contribution in [0.15, 0.2) is 18.3 Å². The van der Waals surface area contributed by atoms with Crippen molar-refractivity contribution >= 4 is 0 Å². The van der Waals surface area contributed by atoms with Crippen molar-refractivity contribution in [1.82, 2.24) is 4.98 Å². The van der Waals surface area contributed by atoms with E-state index in [0.717, 1.165) is 5.56 Å². The molecule has 0 spiro atoms. The molecule has 0 aliphatic rings. The van der Waals surface area contributed by atoms with E-state index in [-0.39, 0.29) is 6.61 Å². The van der Waals surface area contributed by atoms with Gasteiger partial charge in [-0.3, -0.25) is 0 Å². The molecule has 0 unspecified atom stereocenters. The van der Waals surface area contributed by atoms with Gasteiger partial charge in [-0.05, 0) is 13.0 Å². The molecule has 1 N–H and O–H groups in total. The molecular formula is C9H13NO2. The number of aliphatic hydroxyl groups excluding tert-OH is 1. The summed E-state index contributed by atoms with van der Waals surface area (Å²) < 4.78 is 5.31. The fourth-order valence-corrected chi connectivity index (χ4v) is 0.856. The Labute approximate surface area is 72.0 Å². The van der Waals surface area contributed by atoms with E-state index in [9.17, 15) is 0 Å². The molecule has 3 heteroatoms. The molecule has 0 bridgehead atoms. The predicted molar refractivity (Wildman–Crippen MR) is 46.2 cm³/mol. The van der Waals surface area contributed by atoms with Crippen molar-refractivity contribution in [3.05, 3.63) is 23.9 Å². The monoisotopic (exact) mass is 167 g/mol. The highest BCUT2D eigenvalue weighted by Gasteiger charge is 1.97. The van der Waals surface area contributed by atoms with Gasteiger partial charge in [0.2, 0.25) is 5.88 Å². The minimum Gasteiger partial charge on any atom is -0.477 e. The number of hydrogen-bond acceptors (Lipinski definition) is 3. The van der Waals surface area contributed by atoms with Crippen LogP contribution < -0.4 is 4.74 Å². The van der Waals surface area contributed by atoms with Crippen LogP contribution in [-0.4, -0.2) is 23.3 Å². The summed E-state index contributed by atoms with van der Waals surface area (Å²) in [6, 6.07) is 3.81. The van der Waals surface area contributed by atoms with Gasteiger partial charge < -0.3 is 9.84 Å². The van der Waals surface area contributed by atoms with Gasteiger partial charge in [-0.2, -0.15) is 0 Å². The van der Waals surface area contributed by atoms with Gasteiger partial charge in [0.15, 0.2) is 0 Å². The minimum atomic E-state index is 0.159. The summed E-state index contributed by atoms with van der Waals surface area (Å²) in [6.45, 7) is 2.63.